The highest BCUT2D eigenvalue weighted by Gasteiger charge is 2.31. The molecule has 0 aliphatic rings. The average Bonchev–Trinajstić information content (AvgIpc) is 2.39. The van der Waals surface area contributed by atoms with Gasteiger partial charge in [-0.3, -0.25) is 9.59 Å². The van der Waals surface area contributed by atoms with Crippen molar-refractivity contribution in [1.29, 1.82) is 0 Å². The third-order valence-corrected chi connectivity index (χ3v) is 3.87. The van der Waals surface area contributed by atoms with Gasteiger partial charge in [-0.15, -0.1) is 0 Å². The van der Waals surface area contributed by atoms with Crippen LogP contribution < -0.4 is 0 Å². The van der Waals surface area contributed by atoms with Gasteiger partial charge in [-0.25, -0.2) is 0 Å². The van der Waals surface area contributed by atoms with Crippen LogP contribution in [0.1, 0.15) is 85.0 Å². The van der Waals surface area contributed by atoms with Gasteiger partial charge in [-0.1, -0.05) is 72.1 Å². The van der Waals surface area contributed by atoms with Crippen LogP contribution in [0.3, 0.4) is 0 Å². The van der Waals surface area contributed by atoms with Crippen LogP contribution in [0, 0.1) is 5.41 Å². The van der Waals surface area contributed by atoms with Crippen LogP contribution in [0.25, 0.3) is 0 Å². The molecule has 0 amide bonds. The maximum Gasteiger partial charge on any atom is 0.201 e. The summed E-state index contributed by atoms with van der Waals surface area (Å²) >= 11 is 0. The Morgan fingerprint density at radius 3 is 1.67 bits per heavy atom. The van der Waals surface area contributed by atoms with Crippen molar-refractivity contribution in [3.05, 3.63) is 0 Å². The monoisotopic (exact) mass is 254 g/mol. The quantitative estimate of drug-likeness (QED) is 0.287. The second kappa shape index (κ2) is 10.3. The summed E-state index contributed by atoms with van der Waals surface area (Å²) in [6.07, 6.45) is 11.6. The van der Waals surface area contributed by atoms with E-state index >= 15 is 0 Å². The summed E-state index contributed by atoms with van der Waals surface area (Å²) in [5.41, 5.74) is -0.400. The molecule has 0 rings (SSSR count). The first-order valence-electron chi connectivity index (χ1n) is 7.60. The molecule has 0 aliphatic carbocycles. The van der Waals surface area contributed by atoms with E-state index in [1.165, 1.54) is 38.5 Å². The number of hydrogen-bond donors (Lipinski definition) is 0. The highest BCUT2D eigenvalue weighted by Crippen LogP contribution is 2.31. The fraction of sp³-hybridized carbons (Fsp3) is 0.875. The van der Waals surface area contributed by atoms with Gasteiger partial charge in [-0.2, -0.15) is 0 Å². The molecule has 0 saturated carbocycles. The molecule has 0 unspecified atom stereocenters. The van der Waals surface area contributed by atoms with E-state index in [1.807, 2.05) is 6.92 Å². The zero-order valence-electron chi connectivity index (χ0n) is 12.5. The van der Waals surface area contributed by atoms with Crippen molar-refractivity contribution in [2.45, 2.75) is 85.0 Å². The first-order chi connectivity index (χ1) is 8.60. The van der Waals surface area contributed by atoms with Gasteiger partial charge in [0.15, 0.2) is 6.29 Å². The van der Waals surface area contributed by atoms with Crippen molar-refractivity contribution in [2.24, 2.45) is 5.41 Å². The molecule has 0 aromatic carbocycles. The van der Waals surface area contributed by atoms with Crippen molar-refractivity contribution in [1.82, 2.24) is 0 Å². The highest BCUT2D eigenvalue weighted by molar-refractivity contribution is 6.27. The topological polar surface area (TPSA) is 34.1 Å². The van der Waals surface area contributed by atoms with Gasteiger partial charge >= 0.3 is 0 Å². The number of Topliss-reactive ketones (excluding diaryl/α,β-unsaturated/α-hetero) is 1. The summed E-state index contributed by atoms with van der Waals surface area (Å²) < 4.78 is 0. The molecule has 0 spiro atoms. The Morgan fingerprint density at radius 2 is 1.33 bits per heavy atom. The van der Waals surface area contributed by atoms with Crippen LogP contribution in [-0.2, 0) is 9.59 Å². The summed E-state index contributed by atoms with van der Waals surface area (Å²) in [6, 6.07) is 0. The molecule has 0 saturated heterocycles. The third kappa shape index (κ3) is 6.93. The Bertz CT molecular complexity index is 221. The molecule has 2 heteroatoms. The Kier molecular flexibility index (Phi) is 9.90. The fourth-order valence-electron chi connectivity index (χ4n) is 2.40. The van der Waals surface area contributed by atoms with Gasteiger partial charge in [0.25, 0.3) is 0 Å². The van der Waals surface area contributed by atoms with Crippen LogP contribution >= 0.6 is 0 Å². The van der Waals surface area contributed by atoms with E-state index in [4.69, 9.17) is 0 Å². The lowest BCUT2D eigenvalue weighted by Crippen LogP contribution is -2.29. The van der Waals surface area contributed by atoms with E-state index in [2.05, 4.69) is 13.8 Å². The molecule has 0 aromatic rings. The maximum atomic E-state index is 11.8. The van der Waals surface area contributed by atoms with Gasteiger partial charge in [0, 0.05) is 5.41 Å². The first kappa shape index (κ1) is 17.3. The number of ketones is 1. The summed E-state index contributed by atoms with van der Waals surface area (Å²) in [6.45, 7) is 6.34. The van der Waals surface area contributed by atoms with E-state index in [-0.39, 0.29) is 5.78 Å². The minimum atomic E-state index is -0.400. The lowest BCUT2D eigenvalue weighted by atomic mass is 9.76. The smallest absolute Gasteiger partial charge is 0.201 e. The summed E-state index contributed by atoms with van der Waals surface area (Å²) in [5.74, 6) is -0.199. The molecule has 0 bridgehead atoms. The second-order valence-corrected chi connectivity index (χ2v) is 5.66. The Morgan fingerprint density at radius 1 is 0.889 bits per heavy atom. The van der Waals surface area contributed by atoms with Gasteiger partial charge < -0.3 is 0 Å². The van der Waals surface area contributed by atoms with E-state index in [9.17, 15) is 9.59 Å². The van der Waals surface area contributed by atoms with Crippen molar-refractivity contribution in [3.63, 3.8) is 0 Å². The molecular weight excluding hydrogens is 224 g/mol. The predicted molar refractivity (Wildman–Crippen MR) is 76.7 cm³/mol. The highest BCUT2D eigenvalue weighted by atomic mass is 16.2. The predicted octanol–water partition coefficient (Wildman–Crippen LogP) is 4.70. The zero-order valence-corrected chi connectivity index (χ0v) is 12.5. The summed E-state index contributed by atoms with van der Waals surface area (Å²) in [4.78, 5) is 22.6. The van der Waals surface area contributed by atoms with Gasteiger partial charge in [0.1, 0.15) is 0 Å². The Balaban J connectivity index is 4.16. The van der Waals surface area contributed by atoms with E-state index in [1.54, 1.807) is 0 Å². The SMILES string of the molecule is CCCCCCC(C)(CCCCCC)C(=O)C=O. The number of rotatable bonds is 12. The molecule has 106 valence electrons. The molecule has 0 aromatic heterocycles. The summed E-state index contributed by atoms with van der Waals surface area (Å²) in [7, 11) is 0. The third-order valence-electron chi connectivity index (χ3n) is 3.87. The van der Waals surface area contributed by atoms with Crippen LogP contribution in [0.15, 0.2) is 0 Å². The van der Waals surface area contributed by atoms with Crippen molar-refractivity contribution >= 4 is 12.1 Å². The van der Waals surface area contributed by atoms with Gasteiger partial charge in [-0.05, 0) is 12.8 Å². The Labute approximate surface area is 113 Å². The summed E-state index contributed by atoms with van der Waals surface area (Å²) in [5, 5.41) is 0. The lowest BCUT2D eigenvalue weighted by molar-refractivity contribution is -0.137. The molecule has 0 N–H and O–H groups in total. The van der Waals surface area contributed by atoms with Crippen molar-refractivity contribution in [3.8, 4) is 0 Å². The minimum Gasteiger partial charge on any atom is -0.295 e. The number of aldehydes is 1. The zero-order chi connectivity index (χ0) is 13.9. The molecule has 0 atom stereocenters. The number of carbonyl (C=O) groups is 2. The van der Waals surface area contributed by atoms with Crippen LogP contribution in [0.2, 0.25) is 0 Å². The molecule has 0 fully saturated rings. The number of unbranched alkanes of at least 4 members (excludes halogenated alkanes) is 6. The first-order valence-corrected chi connectivity index (χ1v) is 7.60. The van der Waals surface area contributed by atoms with Crippen LogP contribution in [0.5, 0.6) is 0 Å². The minimum absolute atomic E-state index is 0.199. The maximum absolute atomic E-state index is 11.8. The van der Waals surface area contributed by atoms with Crippen molar-refractivity contribution < 1.29 is 9.59 Å². The van der Waals surface area contributed by atoms with E-state index < -0.39 is 5.41 Å². The van der Waals surface area contributed by atoms with Crippen LogP contribution in [-0.4, -0.2) is 12.1 Å². The largest absolute Gasteiger partial charge is 0.295 e. The average molecular weight is 254 g/mol. The standard InChI is InChI=1S/C16H30O2/c1-4-6-8-10-12-16(3,15(18)14-17)13-11-9-7-5-2/h14H,4-13H2,1-3H3. The Hall–Kier alpha value is -0.660. The number of hydrogen-bond acceptors (Lipinski definition) is 2. The molecular formula is C16H30O2. The van der Waals surface area contributed by atoms with Crippen molar-refractivity contribution in [2.75, 3.05) is 0 Å². The molecule has 0 heterocycles. The normalized spacial score (nSPS) is 11.5. The van der Waals surface area contributed by atoms with E-state index in [0.29, 0.717) is 6.29 Å². The number of carbonyl (C=O) groups excluding carboxylic acids is 2. The second-order valence-electron chi connectivity index (χ2n) is 5.66. The molecule has 0 radical (unpaired) electrons. The molecule has 2 nitrogen and oxygen atoms in total. The molecule has 0 aliphatic heterocycles. The molecule has 18 heavy (non-hydrogen) atoms. The fourth-order valence-corrected chi connectivity index (χ4v) is 2.40. The van der Waals surface area contributed by atoms with Gasteiger partial charge in [0.2, 0.25) is 5.78 Å². The van der Waals surface area contributed by atoms with E-state index in [0.717, 1.165) is 25.7 Å². The van der Waals surface area contributed by atoms with Crippen LogP contribution in [0.4, 0.5) is 0 Å². The van der Waals surface area contributed by atoms with Gasteiger partial charge in [0.05, 0.1) is 0 Å². The lowest BCUT2D eigenvalue weighted by Gasteiger charge is -2.26.